The fourth-order valence-corrected chi connectivity index (χ4v) is 4.26. The Morgan fingerprint density at radius 1 is 0.767 bits per heavy atom. The second-order valence-electron chi connectivity index (χ2n) is 8.01. The molecule has 1 aliphatic carbocycles. The van der Waals surface area contributed by atoms with E-state index >= 15 is 0 Å². The highest BCUT2D eigenvalue weighted by Crippen LogP contribution is 2.38. The van der Waals surface area contributed by atoms with E-state index in [1.165, 1.54) is 48.6 Å². The van der Waals surface area contributed by atoms with Gasteiger partial charge >= 0.3 is 6.18 Å². The van der Waals surface area contributed by atoms with E-state index < -0.39 is 17.6 Å². The monoisotopic (exact) mass is 412 g/mol. The lowest BCUT2D eigenvalue weighted by Gasteiger charge is -2.22. The van der Waals surface area contributed by atoms with E-state index in [1.807, 2.05) is 0 Å². The molecule has 0 amide bonds. The van der Waals surface area contributed by atoms with Crippen LogP contribution in [0.1, 0.15) is 48.4 Å². The fourth-order valence-electron chi connectivity index (χ4n) is 4.26. The van der Waals surface area contributed by atoms with Crippen LogP contribution >= 0.6 is 0 Å². The van der Waals surface area contributed by atoms with E-state index in [0.29, 0.717) is 11.1 Å². The van der Waals surface area contributed by atoms with Gasteiger partial charge in [0.05, 0.1) is 5.56 Å². The van der Waals surface area contributed by atoms with Crippen LogP contribution in [0.3, 0.4) is 0 Å². The number of unbranched alkanes of at least 4 members (excludes halogenated alkanes) is 2. The Balaban J connectivity index is 1.65. The van der Waals surface area contributed by atoms with Crippen molar-refractivity contribution < 1.29 is 17.6 Å². The van der Waals surface area contributed by atoms with Crippen molar-refractivity contribution in [3.8, 4) is 22.3 Å². The molecule has 0 aromatic heterocycles. The molecule has 1 aliphatic rings. The van der Waals surface area contributed by atoms with Gasteiger partial charge in [-0.15, -0.1) is 0 Å². The van der Waals surface area contributed by atoms with Crippen molar-refractivity contribution in [3.05, 3.63) is 82.7 Å². The molecule has 4 rings (SSSR count). The first kappa shape index (κ1) is 20.6. The van der Waals surface area contributed by atoms with Gasteiger partial charge in [0.2, 0.25) is 0 Å². The first-order valence-electron chi connectivity index (χ1n) is 10.5. The molecule has 3 aromatic rings. The second kappa shape index (κ2) is 8.25. The summed E-state index contributed by atoms with van der Waals surface area (Å²) >= 11 is 0. The molecule has 0 fully saturated rings. The van der Waals surface area contributed by atoms with E-state index in [-0.39, 0.29) is 0 Å². The Kier molecular flexibility index (Phi) is 5.68. The first-order chi connectivity index (χ1) is 14.4. The maximum absolute atomic E-state index is 15.0. The molecule has 0 bridgehead atoms. The summed E-state index contributed by atoms with van der Waals surface area (Å²) < 4.78 is 53.4. The van der Waals surface area contributed by atoms with Gasteiger partial charge in [0.1, 0.15) is 5.82 Å². The predicted octanol–water partition coefficient (Wildman–Crippen LogP) is 8.01. The van der Waals surface area contributed by atoms with E-state index in [2.05, 4.69) is 25.1 Å². The van der Waals surface area contributed by atoms with Gasteiger partial charge in [0, 0.05) is 5.56 Å². The van der Waals surface area contributed by atoms with Gasteiger partial charge in [-0.25, -0.2) is 4.39 Å². The van der Waals surface area contributed by atoms with Crippen LogP contribution < -0.4 is 0 Å². The fraction of sp³-hybridized carbons (Fsp3) is 0.308. The minimum atomic E-state index is -4.40. The van der Waals surface area contributed by atoms with Crippen molar-refractivity contribution >= 4 is 0 Å². The molecule has 0 spiro atoms. The normalized spacial score (nSPS) is 13.1. The molecule has 0 saturated carbocycles. The quantitative estimate of drug-likeness (QED) is 0.294. The van der Waals surface area contributed by atoms with E-state index in [1.54, 1.807) is 6.07 Å². The van der Waals surface area contributed by atoms with Crippen LogP contribution in [0.4, 0.5) is 17.6 Å². The van der Waals surface area contributed by atoms with Gasteiger partial charge < -0.3 is 0 Å². The minimum absolute atomic E-state index is 0.349. The Labute approximate surface area is 174 Å². The van der Waals surface area contributed by atoms with Crippen molar-refractivity contribution in [1.82, 2.24) is 0 Å². The highest BCUT2D eigenvalue weighted by Gasteiger charge is 2.30. The van der Waals surface area contributed by atoms with Crippen LogP contribution in [-0.2, 0) is 25.4 Å². The number of hydrogen-bond donors (Lipinski definition) is 0. The third-order valence-corrected chi connectivity index (χ3v) is 5.91. The van der Waals surface area contributed by atoms with Crippen LogP contribution in [0, 0.1) is 5.82 Å². The molecule has 0 heterocycles. The zero-order valence-corrected chi connectivity index (χ0v) is 17.0. The molecule has 0 atom stereocenters. The van der Waals surface area contributed by atoms with Crippen molar-refractivity contribution in [2.24, 2.45) is 0 Å². The largest absolute Gasteiger partial charge is 0.416 e. The third kappa shape index (κ3) is 4.14. The molecule has 0 saturated heterocycles. The highest BCUT2D eigenvalue weighted by molar-refractivity contribution is 5.78. The molecule has 0 unspecified atom stereocenters. The molecule has 4 heteroatoms. The highest BCUT2D eigenvalue weighted by atomic mass is 19.4. The summed E-state index contributed by atoms with van der Waals surface area (Å²) in [5.74, 6) is -0.409. The minimum Gasteiger partial charge on any atom is -0.206 e. The Morgan fingerprint density at radius 2 is 1.47 bits per heavy atom. The number of rotatable bonds is 5. The van der Waals surface area contributed by atoms with E-state index in [0.717, 1.165) is 48.1 Å². The summed E-state index contributed by atoms with van der Waals surface area (Å²) in [5, 5.41) is 0. The SMILES string of the molecule is CCCCCc1ccc2c(c1)CCc1cc(-c3ccc(C(F)(F)F)cc3)c(F)cc1-2. The summed E-state index contributed by atoms with van der Waals surface area (Å²) in [6, 6.07) is 14.5. The first-order valence-corrected chi connectivity index (χ1v) is 10.5. The molecule has 0 aliphatic heterocycles. The second-order valence-corrected chi connectivity index (χ2v) is 8.01. The van der Waals surface area contributed by atoms with Gasteiger partial charge in [0.15, 0.2) is 0 Å². The molecule has 3 aromatic carbocycles. The summed E-state index contributed by atoms with van der Waals surface area (Å²) in [7, 11) is 0. The van der Waals surface area contributed by atoms with Crippen molar-refractivity contribution in [1.29, 1.82) is 0 Å². The Bertz CT molecular complexity index is 1050. The summed E-state index contributed by atoms with van der Waals surface area (Å²) in [6.45, 7) is 2.19. The van der Waals surface area contributed by atoms with Gasteiger partial charge in [-0.05, 0) is 83.3 Å². The number of fused-ring (bicyclic) bond motifs is 3. The smallest absolute Gasteiger partial charge is 0.206 e. The Morgan fingerprint density at radius 3 is 2.13 bits per heavy atom. The van der Waals surface area contributed by atoms with Gasteiger partial charge in [0.25, 0.3) is 0 Å². The number of benzene rings is 3. The van der Waals surface area contributed by atoms with Crippen LogP contribution in [-0.4, -0.2) is 0 Å². The molecule has 0 nitrogen and oxygen atoms in total. The average Bonchev–Trinajstić information content (AvgIpc) is 2.73. The van der Waals surface area contributed by atoms with Gasteiger partial charge in [-0.1, -0.05) is 50.1 Å². The summed E-state index contributed by atoms with van der Waals surface area (Å²) in [6.07, 6.45) is 1.95. The standard InChI is InChI=1S/C26H24F4/c1-2-3-4-5-17-6-13-22-19(14-17)7-8-20-15-24(25(27)16-23(20)22)18-9-11-21(12-10-18)26(28,29)30/h6,9-16H,2-5,7-8H2,1H3. The maximum Gasteiger partial charge on any atom is 0.416 e. The Hall–Kier alpha value is -2.62. The molecule has 0 radical (unpaired) electrons. The third-order valence-electron chi connectivity index (χ3n) is 5.91. The lowest BCUT2D eigenvalue weighted by Crippen LogP contribution is -2.06. The maximum atomic E-state index is 15.0. The average molecular weight is 412 g/mol. The van der Waals surface area contributed by atoms with Crippen LogP contribution in [0.15, 0.2) is 54.6 Å². The number of halogens is 4. The topological polar surface area (TPSA) is 0 Å². The number of alkyl halides is 3. The lowest BCUT2D eigenvalue weighted by atomic mass is 9.83. The zero-order valence-electron chi connectivity index (χ0n) is 17.0. The van der Waals surface area contributed by atoms with E-state index in [9.17, 15) is 17.6 Å². The molecule has 156 valence electrons. The van der Waals surface area contributed by atoms with E-state index in [4.69, 9.17) is 0 Å². The number of hydrogen-bond acceptors (Lipinski definition) is 0. The van der Waals surface area contributed by atoms with Crippen LogP contribution in [0.5, 0.6) is 0 Å². The van der Waals surface area contributed by atoms with Crippen molar-refractivity contribution in [2.45, 2.75) is 51.6 Å². The predicted molar refractivity (Wildman–Crippen MR) is 113 cm³/mol. The summed E-state index contributed by atoms with van der Waals surface area (Å²) in [4.78, 5) is 0. The van der Waals surface area contributed by atoms with Gasteiger partial charge in [-0.2, -0.15) is 13.2 Å². The zero-order chi connectivity index (χ0) is 21.3. The number of aryl methyl sites for hydroxylation is 3. The summed E-state index contributed by atoms with van der Waals surface area (Å²) in [5.41, 5.74) is 5.65. The van der Waals surface area contributed by atoms with Crippen LogP contribution in [0.25, 0.3) is 22.3 Å². The lowest BCUT2D eigenvalue weighted by molar-refractivity contribution is -0.137. The molecule has 30 heavy (non-hydrogen) atoms. The molecule has 0 N–H and O–H groups in total. The van der Waals surface area contributed by atoms with Crippen LogP contribution in [0.2, 0.25) is 0 Å². The molecular formula is C26H24F4. The molecular weight excluding hydrogens is 388 g/mol. The van der Waals surface area contributed by atoms with Crippen molar-refractivity contribution in [3.63, 3.8) is 0 Å². The van der Waals surface area contributed by atoms with Crippen molar-refractivity contribution in [2.75, 3.05) is 0 Å². The van der Waals surface area contributed by atoms with Gasteiger partial charge in [-0.3, -0.25) is 0 Å².